The van der Waals surface area contributed by atoms with Gasteiger partial charge in [-0.15, -0.1) is 0 Å². The van der Waals surface area contributed by atoms with E-state index in [1.165, 1.54) is 17.1 Å². The number of esters is 1. The van der Waals surface area contributed by atoms with Crippen LogP contribution >= 0.6 is 0 Å². The minimum atomic E-state index is -0.492. The van der Waals surface area contributed by atoms with E-state index in [9.17, 15) is 9.59 Å². The Balaban J connectivity index is 1.48. The Morgan fingerprint density at radius 1 is 1.23 bits per heavy atom. The van der Waals surface area contributed by atoms with Gasteiger partial charge in [0.25, 0.3) is 5.56 Å². The van der Waals surface area contributed by atoms with E-state index in [2.05, 4.69) is 20.1 Å². The number of nitrogens with zero attached hydrogens (tertiary/aromatic N) is 5. The highest BCUT2D eigenvalue weighted by Crippen LogP contribution is 2.11. The molecule has 1 aromatic carbocycles. The van der Waals surface area contributed by atoms with Crippen molar-refractivity contribution in [3.8, 4) is 11.7 Å². The highest BCUT2D eigenvalue weighted by molar-refractivity contribution is 5.88. The van der Waals surface area contributed by atoms with Crippen molar-refractivity contribution in [3.63, 3.8) is 0 Å². The molecule has 10 nitrogen and oxygen atoms in total. The zero-order valence-corrected chi connectivity index (χ0v) is 16.3. The molecule has 4 aromatic rings. The van der Waals surface area contributed by atoms with Gasteiger partial charge in [0.05, 0.1) is 31.3 Å². The lowest BCUT2D eigenvalue weighted by Gasteiger charge is -2.07. The van der Waals surface area contributed by atoms with Crippen molar-refractivity contribution in [2.24, 2.45) is 0 Å². The van der Waals surface area contributed by atoms with Gasteiger partial charge in [0, 0.05) is 12.7 Å². The maximum atomic E-state index is 12.6. The quantitative estimate of drug-likeness (QED) is 0.350. The molecular formula is C20H20N6O4. The number of aryl methyl sites for hydroxylation is 1. The lowest BCUT2D eigenvalue weighted by Crippen LogP contribution is -2.17. The third-order valence-electron chi connectivity index (χ3n) is 4.34. The monoisotopic (exact) mass is 408 g/mol. The zero-order valence-electron chi connectivity index (χ0n) is 16.3. The number of aromatic nitrogens is 6. The Morgan fingerprint density at radius 2 is 2.07 bits per heavy atom. The minimum absolute atomic E-state index is 0.167. The molecule has 4 rings (SSSR count). The molecular weight excluding hydrogens is 388 g/mol. The summed E-state index contributed by atoms with van der Waals surface area (Å²) in [4.78, 5) is 35.7. The van der Waals surface area contributed by atoms with Crippen LogP contribution in [-0.4, -0.2) is 48.5 Å². The summed E-state index contributed by atoms with van der Waals surface area (Å²) in [6.07, 6.45) is 5.07. The molecule has 3 aromatic heterocycles. The number of carbonyl (C=O) groups excluding carboxylic acids is 1. The molecule has 0 amide bonds. The van der Waals surface area contributed by atoms with Crippen molar-refractivity contribution in [1.29, 1.82) is 0 Å². The maximum Gasteiger partial charge on any atom is 0.341 e. The van der Waals surface area contributed by atoms with Gasteiger partial charge in [-0.3, -0.25) is 9.78 Å². The number of hydrogen-bond acceptors (Lipinski definition) is 7. The van der Waals surface area contributed by atoms with Gasteiger partial charge < -0.3 is 14.0 Å². The average Bonchev–Trinajstić information content (AvgIpc) is 3.40. The summed E-state index contributed by atoms with van der Waals surface area (Å²) >= 11 is 0. The van der Waals surface area contributed by atoms with Gasteiger partial charge in [-0.1, -0.05) is 18.2 Å². The summed E-state index contributed by atoms with van der Waals surface area (Å²) in [5, 5.41) is 4.07. The largest absolute Gasteiger partial charge is 0.494 e. The number of ether oxygens (including phenoxy) is 2. The summed E-state index contributed by atoms with van der Waals surface area (Å²) < 4.78 is 13.7. The molecule has 0 bridgehead atoms. The molecule has 0 aliphatic carbocycles. The van der Waals surface area contributed by atoms with Crippen LogP contribution in [0.5, 0.6) is 5.75 Å². The second kappa shape index (κ2) is 8.60. The molecule has 0 fully saturated rings. The van der Waals surface area contributed by atoms with Gasteiger partial charge in [-0.25, -0.2) is 14.5 Å². The molecule has 0 unspecified atom stereocenters. The van der Waals surface area contributed by atoms with E-state index >= 15 is 0 Å². The Kier molecular flexibility index (Phi) is 5.55. The van der Waals surface area contributed by atoms with Crippen LogP contribution in [0.25, 0.3) is 17.1 Å². The van der Waals surface area contributed by atoms with Crippen molar-refractivity contribution in [3.05, 3.63) is 65.0 Å². The van der Waals surface area contributed by atoms with E-state index in [0.717, 1.165) is 5.75 Å². The van der Waals surface area contributed by atoms with Crippen LogP contribution in [0.15, 0.2) is 53.8 Å². The molecule has 1 N–H and O–H groups in total. The van der Waals surface area contributed by atoms with Gasteiger partial charge in [0.2, 0.25) is 5.95 Å². The first kappa shape index (κ1) is 19.4. The maximum absolute atomic E-state index is 12.6. The van der Waals surface area contributed by atoms with Crippen LogP contribution < -0.4 is 10.3 Å². The van der Waals surface area contributed by atoms with Gasteiger partial charge >= 0.3 is 5.97 Å². The molecule has 0 spiro atoms. The predicted molar refractivity (Wildman–Crippen MR) is 108 cm³/mol. The number of nitrogens with one attached hydrogen (secondary N) is 1. The smallest absolute Gasteiger partial charge is 0.341 e. The number of carbonyl (C=O) groups is 1. The average molecular weight is 408 g/mol. The van der Waals surface area contributed by atoms with Crippen LogP contribution in [0, 0.1) is 0 Å². The summed E-state index contributed by atoms with van der Waals surface area (Å²) in [6, 6.07) is 9.54. The highest BCUT2D eigenvalue weighted by atomic mass is 16.5. The Labute approximate surface area is 171 Å². The summed E-state index contributed by atoms with van der Waals surface area (Å²) in [7, 11) is 0. The second-order valence-corrected chi connectivity index (χ2v) is 6.41. The number of imidazole rings is 1. The Bertz CT molecular complexity index is 1210. The molecule has 0 radical (unpaired) electrons. The van der Waals surface area contributed by atoms with E-state index in [0.29, 0.717) is 30.7 Å². The van der Waals surface area contributed by atoms with Crippen molar-refractivity contribution in [2.45, 2.75) is 19.9 Å². The molecule has 0 saturated carbocycles. The first-order chi connectivity index (χ1) is 14.7. The number of hydrogen-bond donors (Lipinski definition) is 1. The molecule has 10 heteroatoms. The fourth-order valence-electron chi connectivity index (χ4n) is 2.95. The summed E-state index contributed by atoms with van der Waals surface area (Å²) in [5.74, 6) is 0.480. The Hall–Kier alpha value is -3.95. The van der Waals surface area contributed by atoms with Crippen molar-refractivity contribution >= 4 is 17.1 Å². The van der Waals surface area contributed by atoms with E-state index in [1.807, 2.05) is 30.3 Å². The van der Waals surface area contributed by atoms with Crippen LogP contribution in [0.3, 0.4) is 0 Å². The van der Waals surface area contributed by atoms with E-state index in [-0.39, 0.29) is 23.7 Å². The zero-order chi connectivity index (χ0) is 20.9. The van der Waals surface area contributed by atoms with Crippen molar-refractivity contribution < 1.29 is 14.3 Å². The first-order valence-electron chi connectivity index (χ1n) is 9.51. The fourth-order valence-corrected chi connectivity index (χ4v) is 2.95. The second-order valence-electron chi connectivity index (χ2n) is 6.41. The highest BCUT2D eigenvalue weighted by Gasteiger charge is 2.14. The number of para-hydroxylation sites is 1. The van der Waals surface area contributed by atoms with Crippen LogP contribution in [0.4, 0.5) is 0 Å². The minimum Gasteiger partial charge on any atom is -0.494 e. The topological polar surface area (TPSA) is 117 Å². The fraction of sp³-hybridized carbons (Fsp3) is 0.250. The molecule has 154 valence electrons. The summed E-state index contributed by atoms with van der Waals surface area (Å²) in [5.41, 5.74) is 0.593. The van der Waals surface area contributed by atoms with Crippen molar-refractivity contribution in [2.75, 3.05) is 13.2 Å². The number of rotatable bonds is 8. The van der Waals surface area contributed by atoms with E-state index < -0.39 is 5.97 Å². The standard InChI is InChI=1S/C20H20N6O4/c1-2-29-19(28)14-11-22-26(12-14)20-23-17-16(18(27)24-20)25(13-21-17)9-6-10-30-15-7-4-3-5-8-15/h3-5,7-8,11-13H,2,6,9-10H2,1H3,(H,23,24,27). The van der Waals surface area contributed by atoms with Crippen LogP contribution in [-0.2, 0) is 11.3 Å². The van der Waals surface area contributed by atoms with Gasteiger partial charge in [-0.2, -0.15) is 10.1 Å². The first-order valence-corrected chi connectivity index (χ1v) is 9.51. The molecule has 0 aliphatic heterocycles. The lowest BCUT2D eigenvalue weighted by atomic mass is 10.3. The van der Waals surface area contributed by atoms with Crippen LogP contribution in [0.2, 0.25) is 0 Å². The van der Waals surface area contributed by atoms with Gasteiger partial charge in [0.15, 0.2) is 11.2 Å². The third kappa shape index (κ3) is 4.07. The third-order valence-corrected chi connectivity index (χ3v) is 4.34. The van der Waals surface area contributed by atoms with Crippen LogP contribution in [0.1, 0.15) is 23.7 Å². The molecule has 30 heavy (non-hydrogen) atoms. The molecule has 0 atom stereocenters. The number of H-pyrrole nitrogens is 1. The molecule has 0 saturated heterocycles. The molecule has 0 aliphatic rings. The lowest BCUT2D eigenvalue weighted by molar-refractivity contribution is 0.0526. The predicted octanol–water partition coefficient (Wildman–Crippen LogP) is 1.95. The number of benzene rings is 1. The summed E-state index contributed by atoms with van der Waals surface area (Å²) in [6.45, 7) is 3.05. The van der Waals surface area contributed by atoms with E-state index in [1.54, 1.807) is 17.8 Å². The molecule has 3 heterocycles. The Morgan fingerprint density at radius 3 is 2.87 bits per heavy atom. The van der Waals surface area contributed by atoms with Gasteiger partial charge in [-0.05, 0) is 25.5 Å². The SMILES string of the molecule is CCOC(=O)c1cnn(-c2nc3ncn(CCCOc4ccccc4)c3c(=O)[nH]2)c1. The van der Waals surface area contributed by atoms with E-state index in [4.69, 9.17) is 9.47 Å². The van der Waals surface area contributed by atoms with Crippen molar-refractivity contribution in [1.82, 2.24) is 29.3 Å². The normalized spacial score (nSPS) is 11.0. The number of fused-ring (bicyclic) bond motifs is 1. The number of aromatic amines is 1. The van der Waals surface area contributed by atoms with Gasteiger partial charge in [0.1, 0.15) is 5.75 Å².